The van der Waals surface area contributed by atoms with Crippen LogP contribution in [0, 0.1) is 6.92 Å². The van der Waals surface area contributed by atoms with Gasteiger partial charge in [-0.05, 0) is 50.3 Å². The van der Waals surface area contributed by atoms with Crippen LogP contribution in [-0.4, -0.2) is 65.5 Å². The average molecular weight is 574 g/mol. The van der Waals surface area contributed by atoms with E-state index in [1.807, 2.05) is 42.4 Å². The van der Waals surface area contributed by atoms with Crippen LogP contribution in [-0.2, 0) is 13.6 Å². The van der Waals surface area contributed by atoms with Gasteiger partial charge >= 0.3 is 0 Å². The molecule has 0 spiro atoms. The van der Waals surface area contributed by atoms with Crippen molar-refractivity contribution in [3.63, 3.8) is 0 Å². The molecule has 0 amide bonds. The molecule has 0 bridgehead atoms. The topological polar surface area (TPSA) is 79.6 Å². The summed E-state index contributed by atoms with van der Waals surface area (Å²) in [6.07, 6.45) is 5.50. The van der Waals surface area contributed by atoms with Gasteiger partial charge in [0.1, 0.15) is 18.1 Å². The van der Waals surface area contributed by atoms with E-state index in [-0.39, 0.29) is 24.0 Å². The van der Waals surface area contributed by atoms with Crippen molar-refractivity contribution in [3.8, 4) is 5.75 Å². The summed E-state index contributed by atoms with van der Waals surface area (Å²) < 4.78 is 7.39. The highest BCUT2D eigenvalue weighted by Crippen LogP contribution is 2.24. The number of guanidine groups is 1. The Morgan fingerprint density at radius 2 is 2.19 bits per heavy atom. The molecule has 1 aromatic heterocycles. The maximum atomic E-state index is 5.40. The number of aryl methyl sites for hydroxylation is 1. The third-order valence-electron chi connectivity index (χ3n) is 5.56. The number of hydrogen-bond acceptors (Lipinski definition) is 6. The Hall–Kier alpha value is -1.69. The van der Waals surface area contributed by atoms with Crippen molar-refractivity contribution in [2.75, 3.05) is 43.7 Å². The van der Waals surface area contributed by atoms with E-state index in [1.165, 1.54) is 5.69 Å². The van der Waals surface area contributed by atoms with Gasteiger partial charge in [-0.1, -0.05) is 6.07 Å². The fraction of sp³-hybridized carbons (Fsp3) is 0.591. The molecule has 1 aliphatic rings. The first-order valence-electron chi connectivity index (χ1n) is 10.9. The number of rotatable bonds is 9. The van der Waals surface area contributed by atoms with Gasteiger partial charge in [0.05, 0.1) is 7.11 Å². The van der Waals surface area contributed by atoms with E-state index in [0.717, 1.165) is 68.0 Å². The largest absolute Gasteiger partial charge is 0.497 e. The van der Waals surface area contributed by atoms with Gasteiger partial charge in [0, 0.05) is 44.5 Å². The lowest BCUT2D eigenvalue weighted by molar-refractivity contribution is 0.414. The van der Waals surface area contributed by atoms with Gasteiger partial charge in [-0.3, -0.25) is 0 Å². The van der Waals surface area contributed by atoms with E-state index in [4.69, 9.17) is 9.73 Å². The van der Waals surface area contributed by atoms with E-state index in [9.17, 15) is 0 Å². The molecule has 0 aliphatic carbocycles. The van der Waals surface area contributed by atoms with Crippen LogP contribution in [0.4, 0.5) is 5.69 Å². The molecular formula is C22H36IN7OS. The normalized spacial score (nSPS) is 16.4. The zero-order valence-corrected chi connectivity index (χ0v) is 22.7. The van der Waals surface area contributed by atoms with Crippen LogP contribution in [0.25, 0.3) is 0 Å². The molecule has 1 fully saturated rings. The van der Waals surface area contributed by atoms with Crippen molar-refractivity contribution >= 4 is 47.4 Å². The van der Waals surface area contributed by atoms with Crippen molar-refractivity contribution in [3.05, 3.63) is 35.9 Å². The first kappa shape index (κ1) is 26.6. The first-order valence-corrected chi connectivity index (χ1v) is 12.3. The van der Waals surface area contributed by atoms with E-state index in [1.54, 1.807) is 7.11 Å². The summed E-state index contributed by atoms with van der Waals surface area (Å²) in [7, 11) is 3.69. The molecule has 1 atom stereocenters. The van der Waals surface area contributed by atoms with Gasteiger partial charge in [-0.15, -0.1) is 34.2 Å². The highest BCUT2D eigenvalue weighted by atomic mass is 127. The summed E-state index contributed by atoms with van der Waals surface area (Å²) >= 11 is 1.87. The van der Waals surface area contributed by atoms with E-state index in [0.29, 0.717) is 12.6 Å². The molecule has 178 valence electrons. The van der Waals surface area contributed by atoms with Crippen molar-refractivity contribution in [2.24, 2.45) is 12.0 Å². The van der Waals surface area contributed by atoms with Crippen molar-refractivity contribution in [1.29, 1.82) is 0 Å². The fourth-order valence-corrected chi connectivity index (χ4v) is 4.08. The predicted octanol–water partition coefficient (Wildman–Crippen LogP) is 3.21. The van der Waals surface area contributed by atoms with Crippen LogP contribution < -0.4 is 20.3 Å². The standard InChI is InChI=1S/C22H35N7OS.HI/c1-17-26-27-21(28(17)2)15-24-22(23-11-7-13-31-4)25-18-8-6-12-29(16-18)19-9-5-10-20(14-19)30-3;/h5,9-10,14,18H,6-8,11-13,15-16H2,1-4H3,(H2,23,24,25);1H. The van der Waals surface area contributed by atoms with Crippen LogP contribution in [0.15, 0.2) is 29.3 Å². The number of piperidine rings is 1. The van der Waals surface area contributed by atoms with Gasteiger partial charge in [0.25, 0.3) is 0 Å². The molecule has 1 saturated heterocycles. The van der Waals surface area contributed by atoms with Crippen LogP contribution in [0.2, 0.25) is 0 Å². The van der Waals surface area contributed by atoms with Gasteiger partial charge in [-0.2, -0.15) is 11.8 Å². The molecule has 10 heteroatoms. The van der Waals surface area contributed by atoms with Crippen molar-refractivity contribution in [2.45, 2.75) is 38.8 Å². The number of aromatic nitrogens is 3. The number of ether oxygens (including phenoxy) is 1. The number of benzene rings is 1. The molecule has 1 aliphatic heterocycles. The Kier molecular flexibility index (Phi) is 11.4. The molecule has 2 N–H and O–H groups in total. The van der Waals surface area contributed by atoms with Crippen molar-refractivity contribution < 1.29 is 4.74 Å². The number of anilines is 1. The molecule has 32 heavy (non-hydrogen) atoms. The number of nitrogens with one attached hydrogen (secondary N) is 2. The molecule has 3 rings (SSSR count). The third-order valence-corrected chi connectivity index (χ3v) is 6.26. The van der Waals surface area contributed by atoms with E-state index >= 15 is 0 Å². The quantitative estimate of drug-likeness (QED) is 0.207. The van der Waals surface area contributed by atoms with Gasteiger partial charge in [-0.25, -0.2) is 4.99 Å². The summed E-state index contributed by atoms with van der Waals surface area (Å²) in [5, 5.41) is 15.5. The predicted molar refractivity (Wildman–Crippen MR) is 145 cm³/mol. The molecule has 2 aromatic rings. The smallest absolute Gasteiger partial charge is 0.191 e. The van der Waals surface area contributed by atoms with Gasteiger partial charge < -0.3 is 24.8 Å². The van der Waals surface area contributed by atoms with Crippen LogP contribution in [0.1, 0.15) is 30.9 Å². The van der Waals surface area contributed by atoms with Crippen LogP contribution in [0.3, 0.4) is 0 Å². The molecule has 0 saturated carbocycles. The molecule has 8 nitrogen and oxygen atoms in total. The minimum absolute atomic E-state index is 0. The second-order valence-corrected chi connectivity index (χ2v) is 8.78. The number of hydrogen-bond donors (Lipinski definition) is 2. The molecule has 0 radical (unpaired) electrons. The van der Waals surface area contributed by atoms with Crippen molar-refractivity contribution in [1.82, 2.24) is 25.4 Å². The monoisotopic (exact) mass is 573 g/mol. The SMILES string of the molecule is COc1cccc(N2CCCC(NC(=NCc3nnc(C)n3C)NCCCSC)C2)c1.I. The zero-order valence-electron chi connectivity index (χ0n) is 19.5. The Morgan fingerprint density at radius 1 is 1.34 bits per heavy atom. The average Bonchev–Trinajstić information content (AvgIpc) is 3.12. The number of nitrogens with zero attached hydrogens (tertiary/aromatic N) is 5. The summed E-state index contributed by atoms with van der Waals surface area (Å²) in [6.45, 7) is 5.34. The zero-order chi connectivity index (χ0) is 22.1. The minimum atomic E-state index is 0. The second kappa shape index (κ2) is 13.8. The lowest BCUT2D eigenvalue weighted by Gasteiger charge is -2.35. The maximum absolute atomic E-state index is 5.40. The lowest BCUT2D eigenvalue weighted by Crippen LogP contribution is -2.51. The molecule has 1 unspecified atom stereocenters. The Labute approximate surface area is 213 Å². The Balaban J connectivity index is 0.00000363. The van der Waals surface area contributed by atoms with Gasteiger partial charge in [0.15, 0.2) is 11.8 Å². The molecule has 1 aromatic carbocycles. The number of aliphatic imine (C=N–C) groups is 1. The lowest BCUT2D eigenvalue weighted by atomic mass is 10.0. The maximum Gasteiger partial charge on any atom is 0.191 e. The molecular weight excluding hydrogens is 537 g/mol. The summed E-state index contributed by atoms with van der Waals surface area (Å²) in [6, 6.07) is 8.62. The highest BCUT2D eigenvalue weighted by molar-refractivity contribution is 14.0. The second-order valence-electron chi connectivity index (χ2n) is 7.79. The Bertz CT molecular complexity index is 861. The summed E-state index contributed by atoms with van der Waals surface area (Å²) in [4.78, 5) is 7.23. The number of halogens is 1. The minimum Gasteiger partial charge on any atom is -0.497 e. The van der Waals surface area contributed by atoms with Crippen LogP contribution in [0.5, 0.6) is 5.75 Å². The number of thioether (sulfide) groups is 1. The third kappa shape index (κ3) is 7.72. The highest BCUT2D eigenvalue weighted by Gasteiger charge is 2.21. The Morgan fingerprint density at radius 3 is 2.91 bits per heavy atom. The van der Waals surface area contributed by atoms with Crippen LogP contribution >= 0.6 is 35.7 Å². The van der Waals surface area contributed by atoms with Gasteiger partial charge in [0.2, 0.25) is 0 Å². The summed E-state index contributed by atoms with van der Waals surface area (Å²) in [5.41, 5.74) is 1.20. The first-order chi connectivity index (χ1) is 15.1. The van der Waals surface area contributed by atoms with E-state index in [2.05, 4.69) is 44.1 Å². The fourth-order valence-electron chi connectivity index (χ4n) is 3.64. The number of methoxy groups -OCH3 is 1. The summed E-state index contributed by atoms with van der Waals surface area (Å²) in [5.74, 6) is 4.64. The molecule has 2 heterocycles. The van der Waals surface area contributed by atoms with E-state index < -0.39 is 0 Å².